The smallest absolute Gasteiger partial charge is 0.232 e. The van der Waals surface area contributed by atoms with Crippen LogP contribution in [0.15, 0.2) is 36.7 Å². The molecular weight excluding hydrogens is 342 g/mol. The lowest BCUT2D eigenvalue weighted by atomic mass is 9.82. The quantitative estimate of drug-likeness (QED) is 0.562. The summed E-state index contributed by atoms with van der Waals surface area (Å²) in [5.41, 5.74) is 7.79. The molecular formula is C25H30N3+. The molecule has 0 radical (unpaired) electrons. The normalized spacial score (nSPS) is 12.2. The van der Waals surface area contributed by atoms with E-state index in [9.17, 15) is 5.26 Å². The van der Waals surface area contributed by atoms with Crippen molar-refractivity contribution in [3.63, 3.8) is 0 Å². The summed E-state index contributed by atoms with van der Waals surface area (Å²) in [5, 5.41) is 10.6. The van der Waals surface area contributed by atoms with Crippen molar-refractivity contribution in [1.29, 1.82) is 5.26 Å². The summed E-state index contributed by atoms with van der Waals surface area (Å²) in [7, 11) is 2.05. The molecule has 0 amide bonds. The van der Waals surface area contributed by atoms with E-state index >= 15 is 0 Å². The highest BCUT2D eigenvalue weighted by Gasteiger charge is 2.25. The average Bonchev–Trinajstić information content (AvgIpc) is 2.63. The molecule has 0 atom stereocenters. The van der Waals surface area contributed by atoms with Gasteiger partial charge in [0.05, 0.1) is 23.9 Å². The lowest BCUT2D eigenvalue weighted by molar-refractivity contribution is -0.662. The van der Waals surface area contributed by atoms with Gasteiger partial charge >= 0.3 is 0 Å². The van der Waals surface area contributed by atoms with Gasteiger partial charge in [-0.1, -0.05) is 32.9 Å². The standard InChI is InChI=1S/C25H30N3/c1-16-11-19(24(3,4)5)12-21(17(16)2)23-20-10-9-18(25(6,7)14-26)13-22(20)27-15-28(23)8/h9-13,15H,1-8H3/q+1. The molecule has 3 heteroatoms. The van der Waals surface area contributed by atoms with Crippen LogP contribution in [0, 0.1) is 25.2 Å². The third-order valence-electron chi connectivity index (χ3n) is 5.77. The van der Waals surface area contributed by atoms with E-state index in [0.29, 0.717) is 0 Å². The summed E-state index contributed by atoms with van der Waals surface area (Å²) < 4.78 is 2.10. The topological polar surface area (TPSA) is 40.6 Å². The zero-order valence-corrected chi connectivity index (χ0v) is 18.3. The molecule has 0 spiro atoms. The van der Waals surface area contributed by atoms with Gasteiger partial charge in [0.15, 0.2) is 5.52 Å². The maximum Gasteiger partial charge on any atom is 0.287 e. The maximum absolute atomic E-state index is 9.50. The Hall–Kier alpha value is -2.73. The summed E-state index contributed by atoms with van der Waals surface area (Å²) in [6, 6.07) is 13.2. The van der Waals surface area contributed by atoms with Crippen molar-refractivity contribution in [1.82, 2.24) is 4.98 Å². The minimum absolute atomic E-state index is 0.0819. The first-order chi connectivity index (χ1) is 13.0. The van der Waals surface area contributed by atoms with Gasteiger partial charge in [0.2, 0.25) is 0 Å². The van der Waals surface area contributed by atoms with Gasteiger partial charge in [-0.25, -0.2) is 4.57 Å². The zero-order chi connectivity index (χ0) is 20.9. The average molecular weight is 373 g/mol. The molecule has 1 heterocycles. The summed E-state index contributed by atoms with van der Waals surface area (Å²) in [6.07, 6.45) is 1.87. The van der Waals surface area contributed by atoms with Crippen LogP contribution < -0.4 is 4.57 Å². The summed E-state index contributed by atoms with van der Waals surface area (Å²) in [4.78, 5) is 4.65. The molecule has 0 fully saturated rings. The Bertz CT molecular complexity index is 1110. The summed E-state index contributed by atoms with van der Waals surface area (Å²) in [6.45, 7) is 15.0. The third-order valence-corrected chi connectivity index (χ3v) is 5.77. The van der Waals surface area contributed by atoms with E-state index in [-0.39, 0.29) is 5.41 Å². The third kappa shape index (κ3) is 3.40. The second-order valence-corrected chi connectivity index (χ2v) is 9.39. The van der Waals surface area contributed by atoms with E-state index in [2.05, 4.69) is 80.6 Å². The molecule has 3 nitrogen and oxygen atoms in total. The van der Waals surface area contributed by atoms with Crippen molar-refractivity contribution >= 4 is 10.9 Å². The summed E-state index contributed by atoms with van der Waals surface area (Å²) in [5.74, 6) is 0. The van der Waals surface area contributed by atoms with Crippen LogP contribution in [-0.2, 0) is 17.9 Å². The van der Waals surface area contributed by atoms with E-state index in [0.717, 1.165) is 22.2 Å². The van der Waals surface area contributed by atoms with E-state index in [1.165, 1.54) is 22.3 Å². The Morgan fingerprint density at radius 2 is 1.64 bits per heavy atom. The molecule has 3 aromatic rings. The monoisotopic (exact) mass is 372 g/mol. The molecule has 0 aliphatic heterocycles. The first kappa shape index (κ1) is 20.0. The van der Waals surface area contributed by atoms with E-state index in [1.54, 1.807) is 0 Å². The minimum Gasteiger partial charge on any atom is -0.232 e. The van der Waals surface area contributed by atoms with E-state index in [4.69, 9.17) is 0 Å². The van der Waals surface area contributed by atoms with Gasteiger partial charge in [-0.2, -0.15) is 5.26 Å². The molecule has 3 rings (SSSR count). The van der Waals surface area contributed by atoms with Gasteiger partial charge in [0.25, 0.3) is 6.33 Å². The number of rotatable bonds is 2. The fraction of sp³-hybridized carbons (Fsp3) is 0.400. The van der Waals surface area contributed by atoms with Crippen molar-refractivity contribution in [3.8, 4) is 17.3 Å². The van der Waals surface area contributed by atoms with Gasteiger partial charge in [-0.05, 0) is 78.5 Å². The van der Waals surface area contributed by atoms with Crippen LogP contribution in [0.5, 0.6) is 0 Å². The first-order valence-electron chi connectivity index (χ1n) is 9.78. The van der Waals surface area contributed by atoms with Crippen molar-refractivity contribution in [2.24, 2.45) is 7.05 Å². The van der Waals surface area contributed by atoms with Gasteiger partial charge in [-0.15, -0.1) is 0 Å². The maximum atomic E-state index is 9.50. The minimum atomic E-state index is -0.535. The van der Waals surface area contributed by atoms with Gasteiger partial charge < -0.3 is 0 Å². The van der Waals surface area contributed by atoms with Crippen LogP contribution >= 0.6 is 0 Å². The van der Waals surface area contributed by atoms with Crippen LogP contribution in [0.25, 0.3) is 22.2 Å². The van der Waals surface area contributed by atoms with Crippen molar-refractivity contribution in [2.75, 3.05) is 0 Å². The van der Waals surface area contributed by atoms with E-state index in [1.807, 2.05) is 27.2 Å². The summed E-state index contributed by atoms with van der Waals surface area (Å²) >= 11 is 0. The molecule has 0 saturated carbocycles. The van der Waals surface area contributed by atoms with Crippen molar-refractivity contribution in [2.45, 2.75) is 59.3 Å². The van der Waals surface area contributed by atoms with Gasteiger partial charge in [0, 0.05) is 5.56 Å². The van der Waals surface area contributed by atoms with Crippen molar-refractivity contribution in [3.05, 3.63) is 58.9 Å². The highest BCUT2D eigenvalue weighted by atomic mass is 15.0. The Labute approximate surface area is 168 Å². The molecule has 0 unspecified atom stereocenters. The van der Waals surface area contributed by atoms with Gasteiger partial charge in [0.1, 0.15) is 5.69 Å². The number of aryl methyl sites for hydroxylation is 2. The lowest BCUT2D eigenvalue weighted by Gasteiger charge is -2.22. The van der Waals surface area contributed by atoms with Crippen LogP contribution in [0.1, 0.15) is 56.9 Å². The molecule has 144 valence electrons. The SMILES string of the molecule is Cc1cc(C(C)(C)C)cc(-c2c3ccc(C(C)(C)C#N)cc3nc[n+]2C)c1C. The Morgan fingerprint density at radius 3 is 2.25 bits per heavy atom. The molecule has 0 bridgehead atoms. The predicted octanol–water partition coefficient (Wildman–Crippen LogP) is 5.44. The highest BCUT2D eigenvalue weighted by Crippen LogP contribution is 2.34. The molecule has 28 heavy (non-hydrogen) atoms. The Balaban J connectivity index is 2.34. The van der Waals surface area contributed by atoms with Crippen LogP contribution in [0.4, 0.5) is 0 Å². The number of aromatic nitrogens is 2. The lowest BCUT2D eigenvalue weighted by Crippen LogP contribution is -2.32. The number of nitrogens with zero attached hydrogens (tertiary/aromatic N) is 3. The van der Waals surface area contributed by atoms with E-state index < -0.39 is 5.41 Å². The largest absolute Gasteiger partial charge is 0.287 e. The van der Waals surface area contributed by atoms with Crippen LogP contribution in [0.2, 0.25) is 0 Å². The second kappa shape index (κ2) is 6.71. The fourth-order valence-corrected chi connectivity index (χ4v) is 3.56. The molecule has 1 aromatic heterocycles. The molecule has 0 aliphatic rings. The number of fused-ring (bicyclic) bond motifs is 1. The molecule has 0 saturated heterocycles. The molecule has 0 N–H and O–H groups in total. The number of benzene rings is 2. The fourth-order valence-electron chi connectivity index (χ4n) is 3.56. The van der Waals surface area contributed by atoms with Crippen LogP contribution in [-0.4, -0.2) is 4.98 Å². The number of hydrogen-bond acceptors (Lipinski definition) is 2. The Morgan fingerprint density at radius 1 is 0.964 bits per heavy atom. The molecule has 2 aromatic carbocycles. The predicted molar refractivity (Wildman–Crippen MR) is 115 cm³/mol. The zero-order valence-electron chi connectivity index (χ0n) is 18.3. The number of hydrogen-bond donors (Lipinski definition) is 0. The molecule has 0 aliphatic carbocycles. The number of nitriles is 1. The highest BCUT2D eigenvalue weighted by molar-refractivity contribution is 5.92. The van der Waals surface area contributed by atoms with Crippen LogP contribution in [0.3, 0.4) is 0 Å². The Kier molecular flexibility index (Phi) is 4.79. The van der Waals surface area contributed by atoms with Crippen molar-refractivity contribution < 1.29 is 4.57 Å². The first-order valence-corrected chi connectivity index (χ1v) is 9.78. The second-order valence-electron chi connectivity index (χ2n) is 9.39. The van der Waals surface area contributed by atoms with Gasteiger partial charge in [-0.3, -0.25) is 0 Å².